The summed E-state index contributed by atoms with van der Waals surface area (Å²) in [6.45, 7) is -0.481. The number of rotatable bonds is 8. The van der Waals surface area contributed by atoms with Crippen LogP contribution in [-0.2, 0) is 9.84 Å². The fraction of sp³-hybridized carbons (Fsp3) is 0.500. The standard InChI is InChI=1S/C12H19NO6S/c1-17-9-7-10(13)12(11(8-9)18-2)19-4-6-20(15,16)5-3-14/h7-8,14H,3-6,13H2,1-2H3. The van der Waals surface area contributed by atoms with E-state index in [1.807, 2.05) is 0 Å². The maximum absolute atomic E-state index is 11.4. The highest BCUT2D eigenvalue weighted by molar-refractivity contribution is 7.91. The molecule has 0 fully saturated rings. The fourth-order valence-electron chi connectivity index (χ4n) is 1.53. The zero-order valence-electron chi connectivity index (χ0n) is 11.5. The molecule has 0 saturated carbocycles. The molecule has 7 nitrogen and oxygen atoms in total. The van der Waals surface area contributed by atoms with Crippen molar-refractivity contribution in [2.75, 3.05) is 44.7 Å². The number of aliphatic hydroxyl groups excluding tert-OH is 1. The lowest BCUT2D eigenvalue weighted by Crippen LogP contribution is -2.19. The minimum absolute atomic E-state index is 0.0742. The third-order valence-electron chi connectivity index (χ3n) is 2.56. The number of hydrogen-bond acceptors (Lipinski definition) is 7. The molecule has 0 unspecified atom stereocenters. The lowest BCUT2D eigenvalue weighted by molar-refractivity contribution is 0.308. The summed E-state index contributed by atoms with van der Waals surface area (Å²) in [7, 11) is -0.384. The SMILES string of the molecule is COc1cc(N)c(OCCS(=O)(=O)CCO)c(OC)c1. The van der Waals surface area contributed by atoms with E-state index in [1.165, 1.54) is 14.2 Å². The molecule has 1 aromatic rings. The highest BCUT2D eigenvalue weighted by Gasteiger charge is 2.14. The number of benzene rings is 1. The number of nitrogens with two attached hydrogens (primary N) is 1. The van der Waals surface area contributed by atoms with Crippen LogP contribution in [0.5, 0.6) is 17.2 Å². The zero-order valence-corrected chi connectivity index (χ0v) is 12.3. The maximum Gasteiger partial charge on any atom is 0.184 e. The van der Waals surface area contributed by atoms with Crippen LogP contribution in [0.2, 0.25) is 0 Å². The van der Waals surface area contributed by atoms with Crippen LogP contribution in [0.1, 0.15) is 0 Å². The highest BCUT2D eigenvalue weighted by atomic mass is 32.2. The Bertz CT molecular complexity index is 543. The summed E-state index contributed by atoms with van der Waals surface area (Å²) in [6, 6.07) is 3.15. The second kappa shape index (κ2) is 7.20. The van der Waals surface area contributed by atoms with Gasteiger partial charge >= 0.3 is 0 Å². The summed E-state index contributed by atoms with van der Waals surface area (Å²) in [5.74, 6) is 0.654. The van der Waals surface area contributed by atoms with E-state index in [0.717, 1.165) is 0 Å². The van der Waals surface area contributed by atoms with E-state index < -0.39 is 16.4 Å². The molecule has 8 heteroatoms. The van der Waals surface area contributed by atoms with Crippen molar-refractivity contribution in [3.63, 3.8) is 0 Å². The van der Waals surface area contributed by atoms with Gasteiger partial charge in [-0.05, 0) is 0 Å². The van der Waals surface area contributed by atoms with Crippen LogP contribution in [0.25, 0.3) is 0 Å². The summed E-state index contributed by atoms with van der Waals surface area (Å²) in [4.78, 5) is 0. The number of anilines is 1. The minimum Gasteiger partial charge on any atom is -0.497 e. The second-order valence-corrected chi connectivity index (χ2v) is 6.28. The average Bonchev–Trinajstić information content (AvgIpc) is 2.39. The van der Waals surface area contributed by atoms with Crippen molar-refractivity contribution < 1.29 is 27.7 Å². The maximum atomic E-state index is 11.4. The van der Waals surface area contributed by atoms with Crippen molar-refractivity contribution in [1.82, 2.24) is 0 Å². The summed E-state index contributed by atoms with van der Waals surface area (Å²) in [6.07, 6.45) is 0. The molecular formula is C12H19NO6S. The molecule has 1 aromatic carbocycles. The van der Waals surface area contributed by atoms with Gasteiger partial charge in [0.25, 0.3) is 0 Å². The first-order chi connectivity index (χ1) is 9.43. The minimum atomic E-state index is -3.33. The lowest BCUT2D eigenvalue weighted by Gasteiger charge is -2.14. The van der Waals surface area contributed by atoms with Gasteiger partial charge in [-0.2, -0.15) is 0 Å². The van der Waals surface area contributed by atoms with Crippen LogP contribution >= 0.6 is 0 Å². The fourth-order valence-corrected chi connectivity index (χ4v) is 2.35. The van der Waals surface area contributed by atoms with Crippen molar-refractivity contribution in [2.24, 2.45) is 0 Å². The predicted octanol–water partition coefficient (Wildman–Crippen LogP) is 0.0719. The Balaban J connectivity index is 2.78. The van der Waals surface area contributed by atoms with Crippen molar-refractivity contribution >= 4 is 15.5 Å². The number of aliphatic hydroxyl groups is 1. The van der Waals surface area contributed by atoms with Crippen LogP contribution in [0.4, 0.5) is 5.69 Å². The molecule has 0 aromatic heterocycles. The van der Waals surface area contributed by atoms with Crippen molar-refractivity contribution in [3.8, 4) is 17.2 Å². The van der Waals surface area contributed by atoms with Gasteiger partial charge in [0.1, 0.15) is 12.4 Å². The third-order valence-corrected chi connectivity index (χ3v) is 4.15. The number of hydrogen-bond donors (Lipinski definition) is 2. The summed E-state index contributed by atoms with van der Waals surface area (Å²) >= 11 is 0. The number of sulfone groups is 1. The van der Waals surface area contributed by atoms with Crippen LogP contribution in [0.3, 0.4) is 0 Å². The molecule has 0 amide bonds. The van der Waals surface area contributed by atoms with Gasteiger partial charge in [-0.15, -0.1) is 0 Å². The summed E-state index contributed by atoms with van der Waals surface area (Å²) in [5.41, 5.74) is 6.10. The quantitative estimate of drug-likeness (QED) is 0.654. The molecule has 0 atom stereocenters. The first-order valence-electron chi connectivity index (χ1n) is 5.89. The molecule has 0 heterocycles. The van der Waals surface area contributed by atoms with E-state index in [1.54, 1.807) is 12.1 Å². The average molecular weight is 305 g/mol. The molecule has 0 radical (unpaired) electrons. The van der Waals surface area contributed by atoms with E-state index in [-0.39, 0.29) is 23.9 Å². The Labute approximate surface area is 118 Å². The zero-order chi connectivity index (χ0) is 15.2. The molecule has 20 heavy (non-hydrogen) atoms. The molecule has 0 spiro atoms. The first kappa shape index (κ1) is 16.4. The van der Waals surface area contributed by atoms with E-state index in [9.17, 15) is 8.42 Å². The van der Waals surface area contributed by atoms with Gasteiger partial charge in [0.2, 0.25) is 0 Å². The van der Waals surface area contributed by atoms with Crippen molar-refractivity contribution in [1.29, 1.82) is 0 Å². The van der Waals surface area contributed by atoms with E-state index in [0.29, 0.717) is 17.2 Å². The molecular weight excluding hydrogens is 286 g/mol. The Kier molecular flexibility index (Phi) is 5.90. The molecule has 0 aliphatic carbocycles. The van der Waals surface area contributed by atoms with Gasteiger partial charge in [0.05, 0.1) is 38.0 Å². The summed E-state index contributed by atoms with van der Waals surface area (Å²) < 4.78 is 38.4. The molecule has 0 saturated heterocycles. The van der Waals surface area contributed by atoms with Crippen molar-refractivity contribution in [3.05, 3.63) is 12.1 Å². The Morgan fingerprint density at radius 3 is 2.45 bits per heavy atom. The van der Waals surface area contributed by atoms with Gasteiger partial charge in [0, 0.05) is 12.1 Å². The Morgan fingerprint density at radius 2 is 1.90 bits per heavy atom. The molecule has 114 valence electrons. The normalized spacial score (nSPS) is 11.2. The summed E-state index contributed by atoms with van der Waals surface area (Å²) in [5, 5.41) is 8.63. The molecule has 0 bridgehead atoms. The number of ether oxygens (including phenoxy) is 3. The number of nitrogen functional groups attached to an aromatic ring is 1. The van der Waals surface area contributed by atoms with Gasteiger partial charge in [-0.1, -0.05) is 0 Å². The van der Waals surface area contributed by atoms with Gasteiger partial charge in [0.15, 0.2) is 21.3 Å². The monoisotopic (exact) mass is 305 g/mol. The van der Waals surface area contributed by atoms with Gasteiger partial charge in [-0.3, -0.25) is 0 Å². The Morgan fingerprint density at radius 1 is 1.20 bits per heavy atom. The number of methoxy groups -OCH3 is 2. The molecule has 1 rings (SSSR count). The van der Waals surface area contributed by atoms with Crippen LogP contribution in [-0.4, -0.2) is 52.5 Å². The molecule has 0 aliphatic heterocycles. The van der Waals surface area contributed by atoms with Gasteiger partial charge in [-0.25, -0.2) is 8.42 Å². The Hall–Kier alpha value is -1.67. The molecule has 0 aliphatic rings. The van der Waals surface area contributed by atoms with E-state index >= 15 is 0 Å². The first-order valence-corrected chi connectivity index (χ1v) is 7.71. The molecule has 3 N–H and O–H groups in total. The highest BCUT2D eigenvalue weighted by Crippen LogP contribution is 2.37. The second-order valence-electron chi connectivity index (χ2n) is 3.97. The van der Waals surface area contributed by atoms with Crippen LogP contribution in [0.15, 0.2) is 12.1 Å². The van der Waals surface area contributed by atoms with Crippen molar-refractivity contribution in [2.45, 2.75) is 0 Å². The van der Waals surface area contributed by atoms with Gasteiger partial charge < -0.3 is 25.1 Å². The topological polar surface area (TPSA) is 108 Å². The largest absolute Gasteiger partial charge is 0.497 e. The van der Waals surface area contributed by atoms with E-state index in [4.69, 9.17) is 25.1 Å². The smallest absolute Gasteiger partial charge is 0.184 e. The van der Waals surface area contributed by atoms with Crippen LogP contribution in [0, 0.1) is 0 Å². The third kappa shape index (κ3) is 4.46. The van der Waals surface area contributed by atoms with E-state index in [2.05, 4.69) is 0 Å². The lowest BCUT2D eigenvalue weighted by atomic mass is 10.2. The predicted molar refractivity (Wildman–Crippen MR) is 75.2 cm³/mol. The van der Waals surface area contributed by atoms with Crippen LogP contribution < -0.4 is 19.9 Å².